The molecule has 0 aliphatic carbocycles. The molecule has 1 amide bonds. The quantitative estimate of drug-likeness (QED) is 0.847. The molecule has 2 unspecified atom stereocenters. The van der Waals surface area contributed by atoms with E-state index < -0.39 is 0 Å². The molecule has 3 rings (SSSR count). The van der Waals surface area contributed by atoms with Crippen LogP contribution >= 0.6 is 0 Å². The summed E-state index contributed by atoms with van der Waals surface area (Å²) in [5.74, 6) is 0.599. The lowest BCUT2D eigenvalue weighted by molar-refractivity contribution is -0.129. The molecule has 1 aromatic heterocycles. The molecule has 2 atom stereocenters. The fraction of sp³-hybridized carbons (Fsp3) is 0.467. The molecule has 0 bridgehead atoms. The number of fused-ring (bicyclic) bond motifs is 1. The maximum absolute atomic E-state index is 12.4. The minimum Gasteiger partial charge on any atom is -0.344 e. The number of amides is 1. The predicted molar refractivity (Wildman–Crippen MR) is 74.8 cm³/mol. The van der Waals surface area contributed by atoms with Crippen LogP contribution in [-0.2, 0) is 4.79 Å². The number of para-hydroxylation sites is 2. The van der Waals surface area contributed by atoms with Gasteiger partial charge in [-0.15, -0.1) is 0 Å². The lowest BCUT2D eigenvalue weighted by atomic mass is 9.97. The van der Waals surface area contributed by atoms with Gasteiger partial charge in [-0.2, -0.15) is 0 Å². The molecule has 1 aromatic carbocycles. The van der Waals surface area contributed by atoms with Crippen LogP contribution in [0.5, 0.6) is 0 Å². The maximum Gasteiger partial charge on any atom is 0.245 e. The molecule has 0 saturated carbocycles. The number of rotatable bonds is 3. The SMILES string of the molecule is CCCC1CN(C)C(=O)C1n1cnc2ccccc21. The molecular weight excluding hydrogens is 238 g/mol. The molecule has 4 nitrogen and oxygen atoms in total. The topological polar surface area (TPSA) is 38.1 Å². The van der Waals surface area contributed by atoms with Crippen LogP contribution in [0.1, 0.15) is 25.8 Å². The first kappa shape index (κ1) is 12.2. The molecule has 1 saturated heterocycles. The first-order valence-electron chi connectivity index (χ1n) is 6.89. The monoisotopic (exact) mass is 257 g/mol. The third kappa shape index (κ3) is 1.91. The van der Waals surface area contributed by atoms with Crippen LogP contribution in [0.3, 0.4) is 0 Å². The Morgan fingerprint density at radius 3 is 2.95 bits per heavy atom. The molecule has 0 N–H and O–H groups in total. The van der Waals surface area contributed by atoms with Gasteiger partial charge in [-0.1, -0.05) is 25.5 Å². The number of hydrogen-bond acceptors (Lipinski definition) is 2. The molecule has 1 fully saturated rings. The number of likely N-dealkylation sites (N-methyl/N-ethyl adjacent to an activating group) is 1. The number of aromatic nitrogens is 2. The minimum absolute atomic E-state index is 0.0858. The normalized spacial score (nSPS) is 23.5. The van der Waals surface area contributed by atoms with E-state index in [1.165, 1.54) is 0 Å². The van der Waals surface area contributed by atoms with Crippen LogP contribution < -0.4 is 0 Å². The Kier molecular flexibility index (Phi) is 3.01. The van der Waals surface area contributed by atoms with Crippen LogP contribution in [0, 0.1) is 5.92 Å². The fourth-order valence-corrected chi connectivity index (χ4v) is 3.14. The average molecular weight is 257 g/mol. The molecule has 4 heteroatoms. The Morgan fingerprint density at radius 2 is 2.16 bits per heavy atom. The molecule has 2 aromatic rings. The highest BCUT2D eigenvalue weighted by atomic mass is 16.2. The maximum atomic E-state index is 12.4. The van der Waals surface area contributed by atoms with Crippen molar-refractivity contribution in [1.82, 2.24) is 14.5 Å². The van der Waals surface area contributed by atoms with E-state index >= 15 is 0 Å². The van der Waals surface area contributed by atoms with Gasteiger partial charge in [0.1, 0.15) is 6.04 Å². The zero-order valence-electron chi connectivity index (χ0n) is 11.4. The molecule has 0 spiro atoms. The number of benzene rings is 1. The Labute approximate surface area is 113 Å². The van der Waals surface area contributed by atoms with Crippen molar-refractivity contribution in [2.24, 2.45) is 5.92 Å². The summed E-state index contributed by atoms with van der Waals surface area (Å²) in [6.45, 7) is 3.02. The second-order valence-electron chi connectivity index (χ2n) is 5.35. The number of nitrogens with zero attached hydrogens (tertiary/aromatic N) is 3. The van der Waals surface area contributed by atoms with E-state index in [2.05, 4.69) is 16.5 Å². The summed E-state index contributed by atoms with van der Waals surface area (Å²) < 4.78 is 2.06. The first-order valence-corrected chi connectivity index (χ1v) is 6.89. The van der Waals surface area contributed by atoms with Crippen LogP contribution in [0.15, 0.2) is 30.6 Å². The van der Waals surface area contributed by atoms with Crippen molar-refractivity contribution < 1.29 is 4.79 Å². The van der Waals surface area contributed by atoms with Crippen LogP contribution in [0.25, 0.3) is 11.0 Å². The van der Waals surface area contributed by atoms with Gasteiger partial charge in [0.15, 0.2) is 0 Å². The molecule has 1 aliphatic heterocycles. The van der Waals surface area contributed by atoms with E-state index in [4.69, 9.17) is 0 Å². The smallest absolute Gasteiger partial charge is 0.245 e. The predicted octanol–water partition coefficient (Wildman–Crippen LogP) is 2.47. The molecule has 2 heterocycles. The number of carbonyl (C=O) groups excluding carboxylic acids is 1. The second-order valence-corrected chi connectivity index (χ2v) is 5.35. The third-order valence-corrected chi connectivity index (χ3v) is 4.02. The summed E-state index contributed by atoms with van der Waals surface area (Å²) in [6, 6.07) is 7.92. The Balaban J connectivity index is 2.05. The molecule has 100 valence electrons. The van der Waals surface area contributed by atoms with Gasteiger partial charge in [-0.05, 0) is 18.6 Å². The first-order chi connectivity index (χ1) is 9.22. The van der Waals surface area contributed by atoms with Gasteiger partial charge >= 0.3 is 0 Å². The van der Waals surface area contributed by atoms with Crippen molar-refractivity contribution in [2.45, 2.75) is 25.8 Å². The van der Waals surface area contributed by atoms with Crippen molar-refractivity contribution in [3.8, 4) is 0 Å². The van der Waals surface area contributed by atoms with Crippen molar-refractivity contribution in [2.75, 3.05) is 13.6 Å². The van der Waals surface area contributed by atoms with E-state index in [0.29, 0.717) is 5.92 Å². The molecule has 19 heavy (non-hydrogen) atoms. The highest BCUT2D eigenvalue weighted by Crippen LogP contribution is 2.33. The average Bonchev–Trinajstić information content (AvgIpc) is 2.93. The summed E-state index contributed by atoms with van der Waals surface area (Å²) in [5, 5.41) is 0. The van der Waals surface area contributed by atoms with Gasteiger partial charge < -0.3 is 9.47 Å². The van der Waals surface area contributed by atoms with Crippen LogP contribution in [-0.4, -0.2) is 34.0 Å². The zero-order valence-corrected chi connectivity index (χ0v) is 11.4. The Hall–Kier alpha value is -1.84. The van der Waals surface area contributed by atoms with Gasteiger partial charge in [-0.3, -0.25) is 4.79 Å². The summed E-state index contributed by atoms with van der Waals surface area (Å²) in [4.78, 5) is 18.7. The van der Waals surface area contributed by atoms with Gasteiger partial charge in [-0.25, -0.2) is 4.98 Å². The standard InChI is InChI=1S/C15H19N3O/c1-3-6-11-9-17(2)15(19)14(11)18-10-16-12-7-4-5-8-13(12)18/h4-5,7-8,10-11,14H,3,6,9H2,1-2H3. The largest absolute Gasteiger partial charge is 0.344 e. The Morgan fingerprint density at radius 1 is 1.37 bits per heavy atom. The highest BCUT2D eigenvalue weighted by molar-refractivity contribution is 5.85. The molecule has 1 aliphatic rings. The molecular formula is C15H19N3O. The Bertz CT molecular complexity index is 604. The van der Waals surface area contributed by atoms with Crippen molar-refractivity contribution in [1.29, 1.82) is 0 Å². The van der Waals surface area contributed by atoms with Crippen LogP contribution in [0.2, 0.25) is 0 Å². The third-order valence-electron chi connectivity index (χ3n) is 4.02. The second kappa shape index (κ2) is 4.68. The van der Waals surface area contributed by atoms with Gasteiger partial charge in [0.25, 0.3) is 0 Å². The van der Waals surface area contributed by atoms with E-state index in [9.17, 15) is 4.79 Å². The number of hydrogen-bond donors (Lipinski definition) is 0. The summed E-state index contributed by atoms with van der Waals surface area (Å²) in [5.41, 5.74) is 2.01. The minimum atomic E-state index is -0.0858. The van der Waals surface area contributed by atoms with E-state index in [1.807, 2.05) is 42.5 Å². The fourth-order valence-electron chi connectivity index (χ4n) is 3.14. The van der Waals surface area contributed by atoms with E-state index in [0.717, 1.165) is 30.4 Å². The van der Waals surface area contributed by atoms with Crippen molar-refractivity contribution >= 4 is 16.9 Å². The molecule has 0 radical (unpaired) electrons. The van der Waals surface area contributed by atoms with E-state index in [1.54, 1.807) is 0 Å². The van der Waals surface area contributed by atoms with Gasteiger partial charge in [0.2, 0.25) is 5.91 Å². The van der Waals surface area contributed by atoms with Crippen molar-refractivity contribution in [3.63, 3.8) is 0 Å². The van der Waals surface area contributed by atoms with Crippen LogP contribution in [0.4, 0.5) is 0 Å². The zero-order chi connectivity index (χ0) is 13.4. The van der Waals surface area contributed by atoms with E-state index in [-0.39, 0.29) is 11.9 Å². The lowest BCUT2D eigenvalue weighted by Crippen LogP contribution is -2.24. The number of likely N-dealkylation sites (tertiary alicyclic amines) is 1. The summed E-state index contributed by atoms with van der Waals surface area (Å²) in [7, 11) is 1.89. The highest BCUT2D eigenvalue weighted by Gasteiger charge is 2.39. The summed E-state index contributed by atoms with van der Waals surface area (Å²) >= 11 is 0. The van der Waals surface area contributed by atoms with Gasteiger partial charge in [0.05, 0.1) is 17.4 Å². The van der Waals surface area contributed by atoms with Crippen molar-refractivity contribution in [3.05, 3.63) is 30.6 Å². The van der Waals surface area contributed by atoms with Gasteiger partial charge in [0, 0.05) is 19.5 Å². The number of carbonyl (C=O) groups is 1. The number of imidazole rings is 1. The lowest BCUT2D eigenvalue weighted by Gasteiger charge is -2.18. The summed E-state index contributed by atoms with van der Waals surface area (Å²) in [6.07, 6.45) is 4.00.